The summed E-state index contributed by atoms with van der Waals surface area (Å²) < 4.78 is 47.1. The molecular formula is C26H17F3O3. The van der Waals surface area contributed by atoms with Gasteiger partial charge in [0.05, 0.1) is 5.56 Å². The van der Waals surface area contributed by atoms with E-state index in [4.69, 9.17) is 4.74 Å². The van der Waals surface area contributed by atoms with Crippen molar-refractivity contribution < 1.29 is 27.8 Å². The Bertz CT molecular complexity index is 1300. The van der Waals surface area contributed by atoms with Gasteiger partial charge in [0.2, 0.25) is 0 Å². The second kappa shape index (κ2) is 8.98. The molecule has 1 N–H and O–H groups in total. The largest absolute Gasteiger partial charge is 0.488 e. The average molecular weight is 434 g/mol. The van der Waals surface area contributed by atoms with Crippen LogP contribution in [0.25, 0.3) is 22.3 Å². The van der Waals surface area contributed by atoms with Crippen molar-refractivity contribution in [2.75, 3.05) is 0 Å². The lowest BCUT2D eigenvalue weighted by Crippen LogP contribution is -2.01. The lowest BCUT2D eigenvalue weighted by molar-refractivity contribution is 0.0697. The fourth-order valence-electron chi connectivity index (χ4n) is 3.42. The monoisotopic (exact) mass is 434 g/mol. The summed E-state index contributed by atoms with van der Waals surface area (Å²) in [5.41, 5.74) is 2.64. The van der Waals surface area contributed by atoms with Gasteiger partial charge in [-0.1, -0.05) is 36.4 Å². The Morgan fingerprint density at radius 3 is 2.22 bits per heavy atom. The molecule has 0 saturated heterocycles. The number of aromatic carboxylic acids is 1. The van der Waals surface area contributed by atoms with Crippen LogP contribution in [0.1, 0.15) is 15.9 Å². The Morgan fingerprint density at radius 1 is 0.750 bits per heavy atom. The van der Waals surface area contributed by atoms with E-state index in [-0.39, 0.29) is 17.7 Å². The minimum absolute atomic E-state index is 0.125. The third kappa shape index (κ3) is 4.49. The molecule has 4 aromatic rings. The number of hydrogen-bond donors (Lipinski definition) is 1. The molecule has 0 spiro atoms. The van der Waals surface area contributed by atoms with Crippen LogP contribution in [0, 0.1) is 17.5 Å². The third-order valence-corrected chi connectivity index (χ3v) is 4.98. The molecule has 0 aliphatic carbocycles. The van der Waals surface area contributed by atoms with Crippen molar-refractivity contribution in [1.29, 1.82) is 0 Å². The summed E-state index contributed by atoms with van der Waals surface area (Å²) in [5, 5.41) is 9.32. The molecule has 0 aliphatic heterocycles. The van der Waals surface area contributed by atoms with Crippen LogP contribution >= 0.6 is 0 Å². The smallest absolute Gasteiger partial charge is 0.335 e. The van der Waals surface area contributed by atoms with Gasteiger partial charge in [-0.2, -0.15) is 0 Å². The predicted molar refractivity (Wildman–Crippen MR) is 115 cm³/mol. The standard InChI is InChI=1S/C26H17F3O3/c27-19-10-11-25(32-15-18-8-9-20(28)14-24(18)29)23(13-19)22-7-2-1-6-21(22)16-4-3-5-17(12-16)26(30)31/h1-14H,15H2,(H,30,31). The van der Waals surface area contributed by atoms with Crippen LogP contribution < -0.4 is 4.74 Å². The van der Waals surface area contributed by atoms with Crippen molar-refractivity contribution in [2.45, 2.75) is 6.61 Å². The summed E-state index contributed by atoms with van der Waals surface area (Å²) >= 11 is 0. The quantitative estimate of drug-likeness (QED) is 0.367. The molecule has 4 aromatic carbocycles. The summed E-state index contributed by atoms with van der Waals surface area (Å²) in [6, 6.07) is 20.7. The Labute approximate surface area is 182 Å². The van der Waals surface area contributed by atoms with Crippen LogP contribution in [0.3, 0.4) is 0 Å². The van der Waals surface area contributed by atoms with Gasteiger partial charge in [-0.25, -0.2) is 18.0 Å². The number of carbonyl (C=O) groups is 1. The zero-order chi connectivity index (χ0) is 22.7. The SMILES string of the molecule is O=C(O)c1cccc(-c2ccccc2-c2cc(F)ccc2OCc2ccc(F)cc2F)c1. The van der Waals surface area contributed by atoms with Crippen molar-refractivity contribution in [2.24, 2.45) is 0 Å². The Kier molecular flexibility index (Phi) is 5.94. The summed E-state index contributed by atoms with van der Waals surface area (Å²) in [7, 11) is 0. The molecule has 160 valence electrons. The first-order valence-corrected chi connectivity index (χ1v) is 9.72. The highest BCUT2D eigenvalue weighted by atomic mass is 19.1. The zero-order valence-corrected chi connectivity index (χ0v) is 16.7. The van der Waals surface area contributed by atoms with E-state index in [0.29, 0.717) is 28.0 Å². The Hall–Kier alpha value is -4.06. The maximum atomic E-state index is 14.2. The molecular weight excluding hydrogens is 417 g/mol. The topological polar surface area (TPSA) is 46.5 Å². The number of hydrogen-bond acceptors (Lipinski definition) is 2. The fourth-order valence-corrected chi connectivity index (χ4v) is 3.42. The molecule has 4 rings (SSSR count). The van der Waals surface area contributed by atoms with Gasteiger partial charge < -0.3 is 9.84 Å². The average Bonchev–Trinajstić information content (AvgIpc) is 2.79. The first kappa shape index (κ1) is 21.2. The molecule has 3 nitrogen and oxygen atoms in total. The highest BCUT2D eigenvalue weighted by Gasteiger charge is 2.15. The lowest BCUT2D eigenvalue weighted by atomic mass is 9.93. The number of benzene rings is 4. The van der Waals surface area contributed by atoms with E-state index in [9.17, 15) is 23.1 Å². The van der Waals surface area contributed by atoms with Crippen LogP contribution in [0.5, 0.6) is 5.75 Å². The van der Waals surface area contributed by atoms with Crippen LogP contribution in [-0.2, 0) is 6.61 Å². The molecule has 6 heteroatoms. The molecule has 32 heavy (non-hydrogen) atoms. The van der Waals surface area contributed by atoms with Crippen LogP contribution in [0.2, 0.25) is 0 Å². The molecule has 0 aromatic heterocycles. The van der Waals surface area contributed by atoms with Gasteiger partial charge in [-0.15, -0.1) is 0 Å². The van der Waals surface area contributed by atoms with E-state index >= 15 is 0 Å². The predicted octanol–water partition coefficient (Wildman–Crippen LogP) is 6.72. The number of ether oxygens (including phenoxy) is 1. The Morgan fingerprint density at radius 2 is 1.47 bits per heavy atom. The van der Waals surface area contributed by atoms with Gasteiger partial charge in [0.1, 0.15) is 29.8 Å². The lowest BCUT2D eigenvalue weighted by Gasteiger charge is -2.16. The first-order chi connectivity index (χ1) is 15.4. The molecule has 0 radical (unpaired) electrons. The van der Waals surface area contributed by atoms with E-state index in [0.717, 1.165) is 12.1 Å². The minimum Gasteiger partial charge on any atom is -0.488 e. The molecule has 0 amide bonds. The molecule has 0 unspecified atom stereocenters. The van der Waals surface area contributed by atoms with Crippen molar-refractivity contribution in [3.05, 3.63) is 114 Å². The summed E-state index contributed by atoms with van der Waals surface area (Å²) in [5.74, 6) is -2.67. The molecule has 0 fully saturated rings. The number of halogens is 3. The van der Waals surface area contributed by atoms with E-state index in [1.807, 2.05) is 0 Å². The first-order valence-electron chi connectivity index (χ1n) is 9.72. The molecule has 0 bridgehead atoms. The van der Waals surface area contributed by atoms with Crippen LogP contribution in [-0.4, -0.2) is 11.1 Å². The van der Waals surface area contributed by atoms with E-state index in [2.05, 4.69) is 0 Å². The van der Waals surface area contributed by atoms with E-state index < -0.39 is 23.4 Å². The number of carboxylic acid groups (broad SMARTS) is 1. The van der Waals surface area contributed by atoms with Crippen LogP contribution in [0.15, 0.2) is 84.9 Å². The van der Waals surface area contributed by atoms with Gasteiger partial charge in [-0.05, 0) is 59.2 Å². The fraction of sp³-hybridized carbons (Fsp3) is 0.0385. The molecule has 0 atom stereocenters. The van der Waals surface area contributed by atoms with Gasteiger partial charge in [-0.3, -0.25) is 0 Å². The van der Waals surface area contributed by atoms with Gasteiger partial charge >= 0.3 is 5.97 Å². The van der Waals surface area contributed by atoms with Crippen LogP contribution in [0.4, 0.5) is 13.2 Å². The van der Waals surface area contributed by atoms with Crippen molar-refractivity contribution >= 4 is 5.97 Å². The van der Waals surface area contributed by atoms with Crippen molar-refractivity contribution in [3.63, 3.8) is 0 Å². The van der Waals surface area contributed by atoms with Crippen molar-refractivity contribution in [1.82, 2.24) is 0 Å². The molecule has 0 saturated carbocycles. The normalized spacial score (nSPS) is 10.7. The molecule has 0 aliphatic rings. The maximum absolute atomic E-state index is 14.2. The summed E-state index contributed by atoms with van der Waals surface area (Å²) in [4.78, 5) is 11.4. The maximum Gasteiger partial charge on any atom is 0.335 e. The van der Waals surface area contributed by atoms with E-state index in [1.165, 1.54) is 36.4 Å². The second-order valence-corrected chi connectivity index (χ2v) is 7.10. The summed E-state index contributed by atoms with van der Waals surface area (Å²) in [6.45, 7) is -0.179. The highest BCUT2D eigenvalue weighted by molar-refractivity contribution is 5.92. The van der Waals surface area contributed by atoms with Crippen molar-refractivity contribution in [3.8, 4) is 28.0 Å². The minimum atomic E-state index is -1.06. The number of carboxylic acids is 1. The third-order valence-electron chi connectivity index (χ3n) is 4.98. The van der Waals surface area contributed by atoms with E-state index in [1.54, 1.807) is 36.4 Å². The highest BCUT2D eigenvalue weighted by Crippen LogP contribution is 2.38. The zero-order valence-electron chi connectivity index (χ0n) is 16.7. The summed E-state index contributed by atoms with van der Waals surface area (Å²) in [6.07, 6.45) is 0. The van der Waals surface area contributed by atoms with Gasteiger partial charge in [0.15, 0.2) is 0 Å². The van der Waals surface area contributed by atoms with Gasteiger partial charge in [0, 0.05) is 17.2 Å². The molecule has 0 heterocycles. The van der Waals surface area contributed by atoms with Gasteiger partial charge in [0.25, 0.3) is 0 Å². The second-order valence-electron chi connectivity index (χ2n) is 7.10. The number of rotatable bonds is 6. The Balaban J connectivity index is 1.75.